The van der Waals surface area contributed by atoms with Crippen LogP contribution in [0.3, 0.4) is 0 Å². The maximum atomic E-state index is 12.8. The molecule has 0 unspecified atom stereocenters. The van der Waals surface area contributed by atoms with E-state index in [1.165, 1.54) is 12.8 Å². The number of hydrogen-bond acceptors (Lipinski definition) is 5. The molecular weight excluding hydrogens is 458 g/mol. The third-order valence-corrected chi connectivity index (χ3v) is 8.63. The second-order valence-corrected chi connectivity index (χ2v) is 12.0. The first kappa shape index (κ1) is 23.7. The molecule has 2 aliphatic rings. The van der Waals surface area contributed by atoms with Crippen molar-refractivity contribution in [3.63, 3.8) is 0 Å². The van der Waals surface area contributed by atoms with Crippen LogP contribution in [-0.4, -0.2) is 36.9 Å². The number of rotatable bonds is 7. The first-order valence-corrected chi connectivity index (χ1v) is 14.1. The molecule has 7 heteroatoms. The molecule has 1 aliphatic heterocycles. The van der Waals surface area contributed by atoms with E-state index in [1.54, 1.807) is 0 Å². The Morgan fingerprint density at radius 2 is 1.80 bits per heavy atom. The summed E-state index contributed by atoms with van der Waals surface area (Å²) in [7, 11) is -2.85. The van der Waals surface area contributed by atoms with Crippen LogP contribution in [0, 0.1) is 12.8 Å². The number of sulfone groups is 1. The van der Waals surface area contributed by atoms with Gasteiger partial charge in [-0.25, -0.2) is 8.42 Å². The highest BCUT2D eigenvalue weighted by atomic mass is 32.2. The topological polar surface area (TPSA) is 88.2 Å². The molecule has 35 heavy (non-hydrogen) atoms. The van der Waals surface area contributed by atoms with Gasteiger partial charge in [-0.2, -0.15) is 0 Å². The fourth-order valence-corrected chi connectivity index (χ4v) is 5.95. The number of amides is 1. The zero-order valence-corrected chi connectivity index (χ0v) is 20.8. The SMILES string of the molecule is Cc1c(NC(=O)c2ccc(C=CC3CC3)cc2)ccc2cc(CNC3CCS(=O)(=O)CC3)cnc12. The molecule has 1 saturated carbocycles. The Hall–Kier alpha value is -3.03. The van der Waals surface area contributed by atoms with Gasteiger partial charge in [0.05, 0.1) is 17.0 Å². The zero-order chi connectivity index (χ0) is 24.4. The number of carbonyl (C=O) groups is 1. The summed E-state index contributed by atoms with van der Waals surface area (Å²) in [6, 6.07) is 13.9. The van der Waals surface area contributed by atoms with Gasteiger partial charge >= 0.3 is 0 Å². The number of fused-ring (bicyclic) bond motifs is 1. The number of hydrogen-bond donors (Lipinski definition) is 2. The molecule has 2 heterocycles. The van der Waals surface area contributed by atoms with Crippen molar-refractivity contribution < 1.29 is 13.2 Å². The maximum Gasteiger partial charge on any atom is 0.255 e. The summed E-state index contributed by atoms with van der Waals surface area (Å²) < 4.78 is 23.2. The van der Waals surface area contributed by atoms with Gasteiger partial charge in [0.15, 0.2) is 0 Å². The predicted octanol–water partition coefficient (Wildman–Crippen LogP) is 4.89. The lowest BCUT2D eigenvalue weighted by Crippen LogP contribution is -2.37. The molecule has 1 aromatic heterocycles. The lowest BCUT2D eigenvalue weighted by atomic mass is 10.1. The third-order valence-electron chi connectivity index (χ3n) is 6.92. The molecule has 1 aliphatic carbocycles. The first-order chi connectivity index (χ1) is 16.9. The van der Waals surface area contributed by atoms with E-state index in [0.717, 1.165) is 39.2 Å². The van der Waals surface area contributed by atoms with E-state index in [9.17, 15) is 13.2 Å². The number of nitrogens with zero attached hydrogens (tertiary/aromatic N) is 1. The fraction of sp³-hybridized carbons (Fsp3) is 0.357. The van der Waals surface area contributed by atoms with Crippen molar-refractivity contribution in [3.05, 3.63) is 77.0 Å². The minimum Gasteiger partial charge on any atom is -0.322 e. The van der Waals surface area contributed by atoms with Crippen molar-refractivity contribution in [2.75, 3.05) is 16.8 Å². The minimum atomic E-state index is -2.85. The molecule has 1 amide bonds. The second kappa shape index (κ2) is 9.91. The average Bonchev–Trinajstić information content (AvgIpc) is 3.69. The molecule has 3 aromatic rings. The van der Waals surface area contributed by atoms with Crippen LogP contribution in [-0.2, 0) is 16.4 Å². The van der Waals surface area contributed by atoms with Crippen LogP contribution in [0.2, 0.25) is 0 Å². The number of aryl methyl sites for hydroxylation is 1. The number of pyridine rings is 1. The number of anilines is 1. The van der Waals surface area contributed by atoms with Crippen LogP contribution < -0.4 is 10.6 Å². The van der Waals surface area contributed by atoms with Gasteiger partial charge in [-0.15, -0.1) is 0 Å². The number of benzene rings is 2. The molecule has 0 radical (unpaired) electrons. The van der Waals surface area contributed by atoms with Crippen molar-refractivity contribution in [3.8, 4) is 0 Å². The van der Waals surface area contributed by atoms with E-state index in [2.05, 4.69) is 33.8 Å². The second-order valence-electron chi connectivity index (χ2n) is 9.73. The smallest absolute Gasteiger partial charge is 0.255 e. The average molecular weight is 490 g/mol. The van der Waals surface area contributed by atoms with Gasteiger partial charge in [-0.05, 0) is 79.5 Å². The van der Waals surface area contributed by atoms with Crippen LogP contribution >= 0.6 is 0 Å². The zero-order valence-electron chi connectivity index (χ0n) is 20.0. The highest BCUT2D eigenvalue weighted by Gasteiger charge is 2.23. The molecule has 6 nitrogen and oxygen atoms in total. The first-order valence-electron chi connectivity index (χ1n) is 12.3. The van der Waals surface area contributed by atoms with E-state index < -0.39 is 9.84 Å². The Labute approximate surface area is 206 Å². The molecule has 2 N–H and O–H groups in total. The van der Waals surface area contributed by atoms with Crippen molar-refractivity contribution in [1.82, 2.24) is 10.3 Å². The maximum absolute atomic E-state index is 12.8. The van der Waals surface area contributed by atoms with Gasteiger partial charge in [-0.1, -0.05) is 30.4 Å². The Bertz CT molecular complexity index is 1360. The molecule has 182 valence electrons. The van der Waals surface area contributed by atoms with Gasteiger partial charge in [0, 0.05) is 35.4 Å². The quantitative estimate of drug-likeness (QED) is 0.494. The van der Waals surface area contributed by atoms with Crippen molar-refractivity contribution in [1.29, 1.82) is 0 Å². The minimum absolute atomic E-state index is 0.138. The Morgan fingerprint density at radius 1 is 1.06 bits per heavy atom. The highest BCUT2D eigenvalue weighted by molar-refractivity contribution is 7.91. The summed E-state index contributed by atoms with van der Waals surface area (Å²) >= 11 is 0. The molecule has 2 fully saturated rings. The summed E-state index contributed by atoms with van der Waals surface area (Å²) in [5.74, 6) is 1.11. The summed E-state index contributed by atoms with van der Waals surface area (Å²) in [6.07, 6.45) is 10.1. The van der Waals surface area contributed by atoms with Crippen LogP contribution in [0.1, 0.15) is 52.7 Å². The van der Waals surface area contributed by atoms with E-state index >= 15 is 0 Å². The van der Waals surface area contributed by atoms with Gasteiger partial charge in [0.25, 0.3) is 5.91 Å². The monoisotopic (exact) mass is 489 g/mol. The molecule has 0 atom stereocenters. The molecule has 0 bridgehead atoms. The molecule has 2 aromatic carbocycles. The highest BCUT2D eigenvalue weighted by Crippen LogP contribution is 2.31. The summed E-state index contributed by atoms with van der Waals surface area (Å²) in [4.78, 5) is 17.5. The van der Waals surface area contributed by atoms with Crippen molar-refractivity contribution in [2.24, 2.45) is 5.92 Å². The fourth-order valence-electron chi connectivity index (χ4n) is 4.46. The largest absolute Gasteiger partial charge is 0.322 e. The lowest BCUT2D eigenvalue weighted by molar-refractivity contribution is 0.102. The number of carbonyl (C=O) groups excluding carboxylic acids is 1. The van der Waals surface area contributed by atoms with Crippen molar-refractivity contribution in [2.45, 2.75) is 45.2 Å². The Morgan fingerprint density at radius 3 is 2.51 bits per heavy atom. The Balaban J connectivity index is 1.23. The summed E-state index contributed by atoms with van der Waals surface area (Å²) in [5.41, 5.74) is 5.32. The Kier molecular flexibility index (Phi) is 6.71. The van der Waals surface area contributed by atoms with Crippen molar-refractivity contribution >= 4 is 38.4 Å². The molecule has 1 saturated heterocycles. The van der Waals surface area contributed by atoms with Gasteiger partial charge < -0.3 is 10.6 Å². The van der Waals surface area contributed by atoms with Gasteiger partial charge in [0.1, 0.15) is 9.84 Å². The third kappa shape index (κ3) is 5.97. The van der Waals surface area contributed by atoms with Gasteiger partial charge in [-0.3, -0.25) is 9.78 Å². The summed E-state index contributed by atoms with van der Waals surface area (Å²) in [5, 5.41) is 7.51. The standard InChI is InChI=1S/C28H31N3O3S/c1-19-26(31-28(32)23-8-6-21(7-9-23)5-4-20-2-3-20)11-10-24-16-22(18-30-27(19)24)17-29-25-12-14-35(33,34)15-13-25/h4-11,16,18,20,25,29H,2-3,12-15,17H2,1H3,(H,31,32). The van der Waals surface area contributed by atoms with E-state index in [-0.39, 0.29) is 23.5 Å². The predicted molar refractivity (Wildman–Crippen MR) is 141 cm³/mol. The van der Waals surface area contributed by atoms with Crippen LogP contribution in [0.15, 0.2) is 54.7 Å². The molecular formula is C28H31N3O3S. The van der Waals surface area contributed by atoms with E-state index in [1.807, 2.05) is 49.5 Å². The normalized spacial score (nSPS) is 18.2. The van der Waals surface area contributed by atoms with Crippen LogP contribution in [0.4, 0.5) is 5.69 Å². The van der Waals surface area contributed by atoms with E-state index in [4.69, 9.17) is 0 Å². The molecule has 0 spiro atoms. The molecule has 5 rings (SSSR count). The number of nitrogens with one attached hydrogen (secondary N) is 2. The van der Waals surface area contributed by atoms with Crippen LogP contribution in [0.25, 0.3) is 17.0 Å². The lowest BCUT2D eigenvalue weighted by Gasteiger charge is -2.23. The van der Waals surface area contributed by atoms with Gasteiger partial charge in [0.2, 0.25) is 0 Å². The number of allylic oxidation sites excluding steroid dienone is 1. The summed E-state index contributed by atoms with van der Waals surface area (Å²) in [6.45, 7) is 2.62. The van der Waals surface area contributed by atoms with E-state index in [0.29, 0.717) is 24.9 Å². The van der Waals surface area contributed by atoms with Crippen LogP contribution in [0.5, 0.6) is 0 Å². The number of aromatic nitrogens is 1.